The van der Waals surface area contributed by atoms with Crippen LogP contribution in [-0.4, -0.2) is 11.5 Å². The first-order chi connectivity index (χ1) is 7.24. The highest BCUT2D eigenvalue weighted by Gasteiger charge is 2.06. The van der Waals surface area contributed by atoms with Crippen LogP contribution in [0.15, 0.2) is 24.3 Å². The van der Waals surface area contributed by atoms with Gasteiger partial charge in [0.2, 0.25) is 0 Å². The van der Waals surface area contributed by atoms with E-state index in [1.54, 1.807) is 0 Å². The Kier molecular flexibility index (Phi) is 2.69. The van der Waals surface area contributed by atoms with E-state index in [0.717, 1.165) is 17.6 Å². The van der Waals surface area contributed by atoms with E-state index in [0.29, 0.717) is 6.54 Å². The molecular formula is C13H16N2. The number of fused-ring (bicyclic) bond motifs is 1. The second-order valence-electron chi connectivity index (χ2n) is 3.86. The minimum absolute atomic E-state index is 0.658. The smallest absolute Gasteiger partial charge is 0.0708 e. The van der Waals surface area contributed by atoms with Crippen LogP contribution in [0.4, 0.5) is 0 Å². The SMILES string of the molecule is Cc1c(CCN)nc2ccccc2c1C. The number of rotatable bonds is 2. The van der Waals surface area contributed by atoms with Crippen molar-refractivity contribution in [1.82, 2.24) is 4.98 Å². The first-order valence-corrected chi connectivity index (χ1v) is 5.29. The summed E-state index contributed by atoms with van der Waals surface area (Å²) in [4.78, 5) is 4.65. The van der Waals surface area contributed by atoms with Crippen LogP contribution >= 0.6 is 0 Å². The summed E-state index contributed by atoms with van der Waals surface area (Å²) in [6.45, 7) is 4.94. The van der Waals surface area contributed by atoms with Gasteiger partial charge in [-0.05, 0) is 37.6 Å². The molecule has 0 radical (unpaired) electrons. The molecule has 0 bridgehead atoms. The third kappa shape index (κ3) is 1.73. The Balaban J connectivity index is 2.71. The van der Waals surface area contributed by atoms with E-state index in [9.17, 15) is 0 Å². The van der Waals surface area contributed by atoms with Crippen molar-refractivity contribution in [3.8, 4) is 0 Å². The lowest BCUT2D eigenvalue weighted by Crippen LogP contribution is -2.07. The summed E-state index contributed by atoms with van der Waals surface area (Å²) in [5, 5.41) is 1.25. The van der Waals surface area contributed by atoms with E-state index in [4.69, 9.17) is 5.73 Å². The Bertz CT molecular complexity index is 489. The molecule has 78 valence electrons. The predicted octanol–water partition coefficient (Wildman–Crippen LogP) is 2.35. The second kappa shape index (κ2) is 3.99. The van der Waals surface area contributed by atoms with E-state index in [1.807, 2.05) is 6.07 Å². The number of para-hydroxylation sites is 1. The molecule has 0 spiro atoms. The van der Waals surface area contributed by atoms with Gasteiger partial charge in [0.25, 0.3) is 0 Å². The van der Waals surface area contributed by atoms with Gasteiger partial charge in [-0.3, -0.25) is 4.98 Å². The van der Waals surface area contributed by atoms with Gasteiger partial charge < -0.3 is 5.73 Å². The molecule has 0 aliphatic rings. The molecule has 2 aromatic rings. The molecule has 0 unspecified atom stereocenters. The molecule has 2 rings (SSSR count). The number of hydrogen-bond acceptors (Lipinski definition) is 2. The number of benzene rings is 1. The summed E-state index contributed by atoms with van der Waals surface area (Å²) >= 11 is 0. The number of nitrogens with zero attached hydrogens (tertiary/aromatic N) is 1. The van der Waals surface area contributed by atoms with E-state index in [1.165, 1.54) is 16.5 Å². The summed E-state index contributed by atoms with van der Waals surface area (Å²) < 4.78 is 0. The molecule has 2 N–H and O–H groups in total. The monoisotopic (exact) mass is 200 g/mol. The molecule has 0 amide bonds. The normalized spacial score (nSPS) is 10.9. The molecule has 1 heterocycles. The number of hydrogen-bond donors (Lipinski definition) is 1. The highest BCUT2D eigenvalue weighted by atomic mass is 14.7. The molecule has 0 aliphatic carbocycles. The number of nitrogens with two attached hydrogens (primary N) is 1. The zero-order chi connectivity index (χ0) is 10.8. The van der Waals surface area contributed by atoms with Gasteiger partial charge >= 0.3 is 0 Å². The van der Waals surface area contributed by atoms with Crippen molar-refractivity contribution in [2.75, 3.05) is 6.54 Å². The Hall–Kier alpha value is -1.41. The standard InChI is InChI=1S/C13H16N2/c1-9-10(2)12(7-8-14)15-13-6-4-3-5-11(9)13/h3-6H,7-8,14H2,1-2H3. The predicted molar refractivity (Wildman–Crippen MR) is 64.0 cm³/mol. The minimum Gasteiger partial charge on any atom is -0.330 e. The fourth-order valence-electron chi connectivity index (χ4n) is 1.92. The van der Waals surface area contributed by atoms with Crippen molar-refractivity contribution in [2.45, 2.75) is 20.3 Å². The molecule has 0 saturated carbocycles. The Morgan fingerprint density at radius 3 is 2.60 bits per heavy atom. The fourth-order valence-corrected chi connectivity index (χ4v) is 1.92. The largest absolute Gasteiger partial charge is 0.330 e. The van der Waals surface area contributed by atoms with E-state index in [-0.39, 0.29) is 0 Å². The van der Waals surface area contributed by atoms with Crippen molar-refractivity contribution in [2.24, 2.45) is 5.73 Å². The molecule has 0 saturated heterocycles. The lowest BCUT2D eigenvalue weighted by Gasteiger charge is -2.10. The maximum absolute atomic E-state index is 5.58. The zero-order valence-corrected chi connectivity index (χ0v) is 9.25. The van der Waals surface area contributed by atoms with E-state index >= 15 is 0 Å². The molecule has 0 fully saturated rings. The van der Waals surface area contributed by atoms with Gasteiger partial charge in [-0.25, -0.2) is 0 Å². The third-order valence-electron chi connectivity index (χ3n) is 2.94. The van der Waals surface area contributed by atoms with E-state index in [2.05, 4.69) is 37.0 Å². The van der Waals surface area contributed by atoms with Crippen LogP contribution in [0.5, 0.6) is 0 Å². The van der Waals surface area contributed by atoms with Crippen LogP contribution in [0.25, 0.3) is 10.9 Å². The molecule has 0 aliphatic heterocycles. The molecule has 2 heteroatoms. The summed E-state index contributed by atoms with van der Waals surface area (Å²) in [6, 6.07) is 8.26. The van der Waals surface area contributed by atoms with Gasteiger partial charge in [-0.15, -0.1) is 0 Å². The lowest BCUT2D eigenvalue weighted by molar-refractivity contribution is 0.915. The van der Waals surface area contributed by atoms with Crippen LogP contribution in [0.3, 0.4) is 0 Å². The highest BCUT2D eigenvalue weighted by Crippen LogP contribution is 2.21. The lowest BCUT2D eigenvalue weighted by atomic mass is 10.0. The minimum atomic E-state index is 0.658. The zero-order valence-electron chi connectivity index (χ0n) is 9.25. The number of aryl methyl sites for hydroxylation is 1. The molecule has 15 heavy (non-hydrogen) atoms. The summed E-state index contributed by atoms with van der Waals surface area (Å²) in [5.74, 6) is 0. The molecule has 1 aromatic carbocycles. The van der Waals surface area contributed by atoms with Gasteiger partial charge in [-0.2, -0.15) is 0 Å². The van der Waals surface area contributed by atoms with Crippen LogP contribution in [-0.2, 0) is 6.42 Å². The quantitative estimate of drug-likeness (QED) is 0.808. The summed E-state index contributed by atoms with van der Waals surface area (Å²) in [7, 11) is 0. The Labute approximate surface area is 90.1 Å². The van der Waals surface area contributed by atoms with Crippen molar-refractivity contribution >= 4 is 10.9 Å². The van der Waals surface area contributed by atoms with Gasteiger partial charge in [-0.1, -0.05) is 18.2 Å². The number of pyridine rings is 1. The Morgan fingerprint density at radius 1 is 1.13 bits per heavy atom. The van der Waals surface area contributed by atoms with Gasteiger partial charge in [0.15, 0.2) is 0 Å². The van der Waals surface area contributed by atoms with Crippen molar-refractivity contribution in [1.29, 1.82) is 0 Å². The first kappa shape index (κ1) is 10.1. The first-order valence-electron chi connectivity index (χ1n) is 5.29. The maximum Gasteiger partial charge on any atom is 0.0708 e. The van der Waals surface area contributed by atoms with Crippen molar-refractivity contribution in [3.05, 3.63) is 41.1 Å². The average Bonchev–Trinajstić information content (AvgIpc) is 2.26. The molecule has 1 aromatic heterocycles. The van der Waals surface area contributed by atoms with Crippen LogP contribution in [0.1, 0.15) is 16.8 Å². The van der Waals surface area contributed by atoms with Gasteiger partial charge in [0.05, 0.1) is 5.52 Å². The third-order valence-corrected chi connectivity index (χ3v) is 2.94. The van der Waals surface area contributed by atoms with Crippen molar-refractivity contribution in [3.63, 3.8) is 0 Å². The van der Waals surface area contributed by atoms with Gasteiger partial charge in [0.1, 0.15) is 0 Å². The second-order valence-corrected chi connectivity index (χ2v) is 3.86. The highest BCUT2D eigenvalue weighted by molar-refractivity contribution is 5.83. The average molecular weight is 200 g/mol. The summed E-state index contributed by atoms with van der Waals surface area (Å²) in [6.07, 6.45) is 0.859. The molecule has 0 atom stereocenters. The summed E-state index contributed by atoms with van der Waals surface area (Å²) in [5.41, 5.74) is 10.4. The van der Waals surface area contributed by atoms with Crippen molar-refractivity contribution < 1.29 is 0 Å². The molecule has 2 nitrogen and oxygen atoms in total. The topological polar surface area (TPSA) is 38.9 Å². The van der Waals surface area contributed by atoms with Crippen LogP contribution in [0.2, 0.25) is 0 Å². The fraction of sp³-hybridized carbons (Fsp3) is 0.308. The van der Waals surface area contributed by atoms with Crippen LogP contribution in [0, 0.1) is 13.8 Å². The Morgan fingerprint density at radius 2 is 1.87 bits per heavy atom. The number of aromatic nitrogens is 1. The van der Waals surface area contributed by atoms with Crippen LogP contribution < -0.4 is 5.73 Å². The van der Waals surface area contributed by atoms with E-state index < -0.39 is 0 Å². The maximum atomic E-state index is 5.58. The van der Waals surface area contributed by atoms with Gasteiger partial charge in [0, 0.05) is 17.5 Å². The molecular weight excluding hydrogens is 184 g/mol.